The SMILES string of the molecule is C=CC(=CC=C(C)c1ccc(Cl)c(N2C[C@@H](C)C[C@H]2C(=O)NCC#N)c1)NCCNCCF. The molecule has 0 unspecified atom stereocenters. The Balaban J connectivity index is 2.18. The molecule has 1 saturated heterocycles. The first kappa shape index (κ1) is 26.4. The van der Waals surface area contributed by atoms with Crippen molar-refractivity contribution in [2.24, 2.45) is 5.92 Å². The minimum absolute atomic E-state index is 0.00884. The van der Waals surface area contributed by atoms with Crippen molar-refractivity contribution >= 4 is 28.8 Å². The second-order valence-electron chi connectivity index (χ2n) is 8.09. The van der Waals surface area contributed by atoms with Crippen LogP contribution in [-0.4, -0.2) is 51.3 Å². The molecule has 1 aliphatic heterocycles. The van der Waals surface area contributed by atoms with Gasteiger partial charge in [-0.05, 0) is 54.7 Å². The monoisotopic (exact) mass is 473 g/mol. The molecular formula is C25H33ClFN5O. The van der Waals surface area contributed by atoms with Gasteiger partial charge >= 0.3 is 0 Å². The molecular weight excluding hydrogens is 441 g/mol. The van der Waals surface area contributed by atoms with Crippen LogP contribution < -0.4 is 20.9 Å². The van der Waals surface area contributed by atoms with Crippen molar-refractivity contribution in [3.05, 3.63) is 59.3 Å². The van der Waals surface area contributed by atoms with Crippen LogP contribution in [0.2, 0.25) is 5.02 Å². The Morgan fingerprint density at radius 1 is 1.33 bits per heavy atom. The fourth-order valence-corrected chi connectivity index (χ4v) is 4.01. The van der Waals surface area contributed by atoms with Crippen molar-refractivity contribution in [2.45, 2.75) is 26.3 Å². The molecule has 0 radical (unpaired) electrons. The van der Waals surface area contributed by atoms with Crippen LogP contribution in [0, 0.1) is 17.2 Å². The van der Waals surface area contributed by atoms with Gasteiger partial charge in [-0.15, -0.1) is 0 Å². The maximum atomic E-state index is 12.6. The molecule has 8 heteroatoms. The molecule has 6 nitrogen and oxygen atoms in total. The summed E-state index contributed by atoms with van der Waals surface area (Å²) in [5, 5.41) is 18.3. The molecule has 1 fully saturated rings. The largest absolute Gasteiger partial charge is 0.384 e. The van der Waals surface area contributed by atoms with Crippen molar-refractivity contribution in [3.63, 3.8) is 0 Å². The fourth-order valence-electron chi connectivity index (χ4n) is 3.78. The van der Waals surface area contributed by atoms with Crippen molar-refractivity contribution in [2.75, 3.05) is 44.3 Å². The van der Waals surface area contributed by atoms with E-state index in [9.17, 15) is 9.18 Å². The summed E-state index contributed by atoms with van der Waals surface area (Å²) in [6.45, 7) is 9.96. The van der Waals surface area contributed by atoms with Gasteiger partial charge in [-0.1, -0.05) is 37.2 Å². The summed E-state index contributed by atoms with van der Waals surface area (Å²) in [5.74, 6) is 0.183. The summed E-state index contributed by atoms with van der Waals surface area (Å²) in [6, 6.07) is 7.41. The predicted molar refractivity (Wildman–Crippen MR) is 134 cm³/mol. The van der Waals surface area contributed by atoms with Gasteiger partial charge in [0.2, 0.25) is 5.91 Å². The highest BCUT2D eigenvalue weighted by atomic mass is 35.5. The third-order valence-electron chi connectivity index (χ3n) is 5.50. The van der Waals surface area contributed by atoms with Gasteiger partial charge in [0.05, 0.1) is 16.8 Å². The summed E-state index contributed by atoms with van der Waals surface area (Å²) in [4.78, 5) is 14.6. The predicted octanol–water partition coefficient (Wildman–Crippen LogP) is 3.82. The molecule has 1 amide bonds. The summed E-state index contributed by atoms with van der Waals surface area (Å²) in [6.07, 6.45) is 6.39. The van der Waals surface area contributed by atoms with Crippen LogP contribution in [0.4, 0.5) is 10.1 Å². The minimum Gasteiger partial charge on any atom is -0.384 e. The van der Waals surface area contributed by atoms with E-state index in [0.29, 0.717) is 37.0 Å². The summed E-state index contributed by atoms with van der Waals surface area (Å²) in [5.41, 5.74) is 3.71. The van der Waals surface area contributed by atoms with Gasteiger partial charge in [0.1, 0.15) is 19.3 Å². The number of nitrogens with zero attached hydrogens (tertiary/aromatic N) is 2. The normalized spacial score (nSPS) is 18.7. The fraction of sp³-hybridized carbons (Fsp3) is 0.440. The number of rotatable bonds is 12. The third kappa shape index (κ3) is 7.92. The number of allylic oxidation sites excluding steroid dienone is 4. The van der Waals surface area contributed by atoms with Gasteiger partial charge in [0.25, 0.3) is 0 Å². The smallest absolute Gasteiger partial charge is 0.243 e. The van der Waals surface area contributed by atoms with E-state index in [1.807, 2.05) is 48.2 Å². The standard InChI is InChI=1S/C25H33ClFN5O/c1-4-21(30-14-13-29-11-9-27)7-5-19(3)20-6-8-22(26)23(16-20)32-17-18(2)15-24(32)25(33)31-12-10-28/h4-8,16,18,24,29-30H,1,9,11-15,17H2,2-3H3,(H,31,33)/t18-,24-/m0/s1. The zero-order valence-electron chi connectivity index (χ0n) is 19.3. The molecule has 0 aromatic heterocycles. The Kier molecular flexibility index (Phi) is 10.9. The van der Waals surface area contributed by atoms with Crippen molar-refractivity contribution in [3.8, 4) is 6.07 Å². The Morgan fingerprint density at radius 3 is 2.82 bits per heavy atom. The van der Waals surface area contributed by atoms with E-state index in [-0.39, 0.29) is 25.2 Å². The van der Waals surface area contributed by atoms with E-state index in [2.05, 4.69) is 29.5 Å². The van der Waals surface area contributed by atoms with E-state index < -0.39 is 0 Å². The summed E-state index contributed by atoms with van der Waals surface area (Å²) >= 11 is 6.54. The second-order valence-corrected chi connectivity index (χ2v) is 8.50. The van der Waals surface area contributed by atoms with E-state index in [1.54, 1.807) is 6.08 Å². The first-order valence-corrected chi connectivity index (χ1v) is 11.5. The Labute approximate surface area is 201 Å². The number of benzene rings is 1. The Morgan fingerprint density at radius 2 is 2.12 bits per heavy atom. The number of alkyl halides is 1. The first-order chi connectivity index (χ1) is 15.9. The highest BCUT2D eigenvalue weighted by Crippen LogP contribution is 2.36. The number of nitriles is 1. The number of amides is 1. The number of hydrogen-bond acceptors (Lipinski definition) is 5. The highest BCUT2D eigenvalue weighted by Gasteiger charge is 2.35. The molecule has 0 bridgehead atoms. The van der Waals surface area contributed by atoms with Crippen LogP contribution >= 0.6 is 11.6 Å². The van der Waals surface area contributed by atoms with Crippen LogP contribution in [0.25, 0.3) is 5.57 Å². The van der Waals surface area contributed by atoms with Crippen LogP contribution in [0.15, 0.2) is 48.7 Å². The van der Waals surface area contributed by atoms with Crippen LogP contribution in [0.3, 0.4) is 0 Å². The van der Waals surface area contributed by atoms with Gasteiger partial charge < -0.3 is 20.9 Å². The molecule has 0 aliphatic carbocycles. The topological polar surface area (TPSA) is 80.2 Å². The highest BCUT2D eigenvalue weighted by molar-refractivity contribution is 6.33. The molecule has 1 aliphatic rings. The molecule has 1 aromatic rings. The first-order valence-electron chi connectivity index (χ1n) is 11.1. The van der Waals surface area contributed by atoms with Crippen molar-refractivity contribution in [1.82, 2.24) is 16.0 Å². The number of carbonyl (C=O) groups excluding carboxylic acids is 1. The number of halogens is 2. The van der Waals surface area contributed by atoms with Gasteiger partial charge in [-0.25, -0.2) is 4.39 Å². The summed E-state index contributed by atoms with van der Waals surface area (Å²) < 4.78 is 12.1. The molecule has 1 heterocycles. The zero-order chi connectivity index (χ0) is 24.2. The number of hydrogen-bond donors (Lipinski definition) is 3. The number of carbonyl (C=O) groups is 1. The van der Waals surface area contributed by atoms with Crippen LogP contribution in [0.5, 0.6) is 0 Å². The maximum absolute atomic E-state index is 12.6. The van der Waals surface area contributed by atoms with Crippen LogP contribution in [-0.2, 0) is 4.79 Å². The van der Waals surface area contributed by atoms with E-state index in [0.717, 1.165) is 29.1 Å². The third-order valence-corrected chi connectivity index (χ3v) is 5.82. The molecule has 33 heavy (non-hydrogen) atoms. The molecule has 0 saturated carbocycles. The van der Waals surface area contributed by atoms with E-state index >= 15 is 0 Å². The quantitative estimate of drug-likeness (QED) is 0.244. The molecule has 2 atom stereocenters. The minimum atomic E-state index is -0.378. The molecule has 1 aromatic carbocycles. The number of anilines is 1. The van der Waals surface area contributed by atoms with Crippen LogP contribution in [0.1, 0.15) is 25.8 Å². The van der Waals surface area contributed by atoms with E-state index in [4.69, 9.17) is 16.9 Å². The Bertz CT molecular complexity index is 924. The second kappa shape index (κ2) is 13.7. The van der Waals surface area contributed by atoms with Gasteiger partial charge in [0.15, 0.2) is 0 Å². The molecule has 0 spiro atoms. The average Bonchev–Trinajstić information content (AvgIpc) is 3.20. The van der Waals surface area contributed by atoms with Gasteiger partial charge in [-0.2, -0.15) is 5.26 Å². The maximum Gasteiger partial charge on any atom is 0.243 e. The van der Waals surface area contributed by atoms with Gasteiger partial charge in [-0.3, -0.25) is 4.79 Å². The molecule has 2 rings (SSSR count). The number of nitrogens with one attached hydrogen (secondary N) is 3. The Hall–Kier alpha value is -2.82. The lowest BCUT2D eigenvalue weighted by Gasteiger charge is -2.27. The average molecular weight is 474 g/mol. The molecule has 178 valence electrons. The lowest BCUT2D eigenvalue weighted by molar-refractivity contribution is -0.122. The summed E-state index contributed by atoms with van der Waals surface area (Å²) in [7, 11) is 0. The lowest BCUT2D eigenvalue weighted by atomic mass is 10.0. The molecule has 3 N–H and O–H groups in total. The lowest BCUT2D eigenvalue weighted by Crippen LogP contribution is -2.43. The van der Waals surface area contributed by atoms with E-state index in [1.165, 1.54) is 0 Å². The van der Waals surface area contributed by atoms with Crippen molar-refractivity contribution < 1.29 is 9.18 Å². The van der Waals surface area contributed by atoms with Crippen molar-refractivity contribution in [1.29, 1.82) is 5.26 Å². The zero-order valence-corrected chi connectivity index (χ0v) is 20.1. The van der Waals surface area contributed by atoms with Gasteiger partial charge in [0, 0.05) is 31.9 Å².